The van der Waals surface area contributed by atoms with Crippen LogP contribution in [-0.2, 0) is 4.79 Å². The van der Waals surface area contributed by atoms with Crippen LogP contribution >= 0.6 is 0 Å². The molecule has 2 heteroatoms. The maximum absolute atomic E-state index is 11.8. The van der Waals surface area contributed by atoms with E-state index in [0.717, 1.165) is 25.1 Å². The number of unbranched alkanes of at least 4 members (excludes halogenated alkanes) is 1. The van der Waals surface area contributed by atoms with E-state index in [4.69, 9.17) is 0 Å². The Kier molecular flexibility index (Phi) is 6.30. The Morgan fingerprint density at radius 1 is 1.27 bits per heavy atom. The Labute approximate surface area is 94.1 Å². The fourth-order valence-electron chi connectivity index (χ4n) is 1.08. The molecule has 15 heavy (non-hydrogen) atoms. The molecular weight excluding hydrogens is 186 g/mol. The van der Waals surface area contributed by atoms with Crippen LogP contribution < -0.4 is 5.32 Å². The van der Waals surface area contributed by atoms with Crippen molar-refractivity contribution in [2.75, 3.05) is 6.54 Å². The Bertz CT molecular complexity index is 223. The molecule has 0 atom stereocenters. The van der Waals surface area contributed by atoms with E-state index in [1.165, 1.54) is 6.42 Å². The van der Waals surface area contributed by atoms with Crippen molar-refractivity contribution in [3.63, 3.8) is 0 Å². The van der Waals surface area contributed by atoms with Gasteiger partial charge in [0.1, 0.15) is 0 Å². The molecule has 0 aliphatic heterocycles. The van der Waals surface area contributed by atoms with E-state index in [0.29, 0.717) is 0 Å². The van der Waals surface area contributed by atoms with Gasteiger partial charge in [-0.2, -0.15) is 0 Å². The van der Waals surface area contributed by atoms with E-state index in [2.05, 4.69) is 19.2 Å². The lowest BCUT2D eigenvalue weighted by molar-refractivity contribution is -0.121. The summed E-state index contributed by atoms with van der Waals surface area (Å²) < 4.78 is 0. The van der Waals surface area contributed by atoms with E-state index in [1.807, 2.05) is 20.8 Å². The van der Waals surface area contributed by atoms with Gasteiger partial charge in [0, 0.05) is 23.7 Å². The largest absolute Gasteiger partial charge is 0.388 e. The molecule has 0 saturated carbocycles. The molecule has 2 nitrogen and oxygen atoms in total. The van der Waals surface area contributed by atoms with Crippen LogP contribution in [0.5, 0.6) is 0 Å². The summed E-state index contributed by atoms with van der Waals surface area (Å²) in [5, 5.41) is 3.31. The molecule has 0 aliphatic rings. The molecule has 0 heterocycles. The minimum Gasteiger partial charge on any atom is -0.388 e. The number of carbonyl (C=O) groups is 1. The maximum Gasteiger partial charge on any atom is 0.162 e. The van der Waals surface area contributed by atoms with Crippen molar-refractivity contribution < 1.29 is 4.79 Å². The number of allylic oxidation sites excluding steroid dienone is 2. The zero-order valence-corrected chi connectivity index (χ0v) is 10.8. The zero-order valence-electron chi connectivity index (χ0n) is 10.8. The van der Waals surface area contributed by atoms with Gasteiger partial charge in [0.15, 0.2) is 5.78 Å². The Balaban J connectivity index is 4.27. The lowest BCUT2D eigenvalue weighted by Gasteiger charge is -2.15. The second-order valence-corrected chi connectivity index (χ2v) is 4.92. The van der Waals surface area contributed by atoms with Crippen molar-refractivity contribution in [2.24, 2.45) is 5.41 Å². The molecule has 1 N–H and O–H groups in total. The molecular formula is C13H25NO. The number of nitrogens with one attached hydrogen (secondary N) is 1. The van der Waals surface area contributed by atoms with Gasteiger partial charge in [-0.3, -0.25) is 4.79 Å². The van der Waals surface area contributed by atoms with E-state index < -0.39 is 0 Å². The quantitative estimate of drug-likeness (QED) is 0.539. The van der Waals surface area contributed by atoms with Gasteiger partial charge in [-0.15, -0.1) is 0 Å². The summed E-state index contributed by atoms with van der Waals surface area (Å²) in [4.78, 5) is 11.8. The number of ketones is 1. The van der Waals surface area contributed by atoms with Crippen LogP contribution in [0.4, 0.5) is 0 Å². The smallest absolute Gasteiger partial charge is 0.162 e. The van der Waals surface area contributed by atoms with Crippen LogP contribution in [0.15, 0.2) is 11.8 Å². The van der Waals surface area contributed by atoms with Crippen LogP contribution in [0.25, 0.3) is 0 Å². The fraction of sp³-hybridized carbons (Fsp3) is 0.769. The third kappa shape index (κ3) is 6.32. The summed E-state index contributed by atoms with van der Waals surface area (Å²) in [7, 11) is 0. The molecule has 0 aliphatic carbocycles. The number of rotatable bonds is 6. The molecule has 0 amide bonds. The summed E-state index contributed by atoms with van der Waals surface area (Å²) in [6.07, 6.45) is 4.99. The second kappa shape index (κ2) is 6.65. The maximum atomic E-state index is 11.8. The van der Waals surface area contributed by atoms with Crippen LogP contribution in [0, 0.1) is 5.41 Å². The molecule has 0 fully saturated rings. The molecule has 0 radical (unpaired) electrons. The first-order valence-electron chi connectivity index (χ1n) is 5.90. The Morgan fingerprint density at radius 3 is 2.27 bits per heavy atom. The monoisotopic (exact) mass is 211 g/mol. The topological polar surface area (TPSA) is 29.1 Å². The number of hydrogen-bond acceptors (Lipinski definition) is 2. The van der Waals surface area contributed by atoms with E-state index in [9.17, 15) is 4.79 Å². The first-order valence-corrected chi connectivity index (χ1v) is 5.90. The van der Waals surface area contributed by atoms with Gasteiger partial charge in [0.25, 0.3) is 0 Å². The zero-order chi connectivity index (χ0) is 11.9. The Hall–Kier alpha value is -0.790. The summed E-state index contributed by atoms with van der Waals surface area (Å²) in [6.45, 7) is 11.0. The first kappa shape index (κ1) is 14.2. The van der Waals surface area contributed by atoms with Crippen LogP contribution in [0.3, 0.4) is 0 Å². The average molecular weight is 211 g/mol. The van der Waals surface area contributed by atoms with Crippen LogP contribution in [0.1, 0.15) is 53.9 Å². The third-order valence-electron chi connectivity index (χ3n) is 2.31. The molecule has 0 saturated heterocycles. The molecule has 0 spiro atoms. The van der Waals surface area contributed by atoms with E-state index in [1.54, 1.807) is 6.08 Å². The van der Waals surface area contributed by atoms with E-state index in [-0.39, 0.29) is 11.2 Å². The van der Waals surface area contributed by atoms with Crippen molar-refractivity contribution in [2.45, 2.75) is 53.9 Å². The number of carbonyl (C=O) groups excluding carboxylic acids is 1. The van der Waals surface area contributed by atoms with Crippen molar-refractivity contribution >= 4 is 5.78 Å². The van der Waals surface area contributed by atoms with Gasteiger partial charge in [-0.05, 0) is 12.8 Å². The minimum atomic E-state index is -0.271. The predicted octanol–water partition coefficient (Wildman–Crippen LogP) is 3.29. The summed E-state index contributed by atoms with van der Waals surface area (Å²) >= 11 is 0. The van der Waals surface area contributed by atoms with Gasteiger partial charge < -0.3 is 5.32 Å². The molecule has 88 valence electrons. The van der Waals surface area contributed by atoms with Gasteiger partial charge in [-0.1, -0.05) is 41.0 Å². The highest BCUT2D eigenvalue weighted by molar-refractivity contribution is 5.94. The van der Waals surface area contributed by atoms with Crippen molar-refractivity contribution in [3.05, 3.63) is 11.8 Å². The lowest BCUT2D eigenvalue weighted by Crippen LogP contribution is -2.21. The SMILES string of the molecule is CCCCN/C(=C\C(=O)C(C)(C)C)CC. The summed E-state index contributed by atoms with van der Waals surface area (Å²) in [6, 6.07) is 0. The molecule has 0 aromatic carbocycles. The fourth-order valence-corrected chi connectivity index (χ4v) is 1.08. The van der Waals surface area contributed by atoms with Crippen molar-refractivity contribution in [1.82, 2.24) is 5.32 Å². The summed E-state index contributed by atoms with van der Waals surface area (Å²) in [5.41, 5.74) is 0.788. The molecule has 0 bridgehead atoms. The predicted molar refractivity (Wildman–Crippen MR) is 65.7 cm³/mol. The van der Waals surface area contributed by atoms with Gasteiger partial charge >= 0.3 is 0 Å². The van der Waals surface area contributed by atoms with Crippen molar-refractivity contribution in [1.29, 1.82) is 0 Å². The highest BCUT2D eigenvalue weighted by atomic mass is 16.1. The summed E-state index contributed by atoms with van der Waals surface area (Å²) in [5.74, 6) is 0.198. The average Bonchev–Trinajstić information content (AvgIpc) is 2.14. The van der Waals surface area contributed by atoms with Crippen LogP contribution in [-0.4, -0.2) is 12.3 Å². The Morgan fingerprint density at radius 2 is 1.87 bits per heavy atom. The normalized spacial score (nSPS) is 12.7. The van der Waals surface area contributed by atoms with Crippen LogP contribution in [0.2, 0.25) is 0 Å². The molecule has 0 unspecified atom stereocenters. The molecule has 0 aromatic heterocycles. The van der Waals surface area contributed by atoms with Crippen molar-refractivity contribution in [3.8, 4) is 0 Å². The van der Waals surface area contributed by atoms with Gasteiger partial charge in [0.2, 0.25) is 0 Å². The molecule has 0 aromatic rings. The third-order valence-corrected chi connectivity index (χ3v) is 2.31. The lowest BCUT2D eigenvalue weighted by atomic mass is 9.90. The number of hydrogen-bond donors (Lipinski definition) is 1. The first-order chi connectivity index (χ1) is 6.91. The highest BCUT2D eigenvalue weighted by Gasteiger charge is 2.19. The van der Waals surface area contributed by atoms with E-state index >= 15 is 0 Å². The van der Waals surface area contributed by atoms with Gasteiger partial charge in [0.05, 0.1) is 0 Å². The second-order valence-electron chi connectivity index (χ2n) is 4.92. The molecule has 0 rings (SSSR count). The van der Waals surface area contributed by atoms with Gasteiger partial charge in [-0.25, -0.2) is 0 Å². The standard InChI is InChI=1S/C13H25NO/c1-6-8-9-14-11(7-2)10-12(15)13(3,4)5/h10,14H,6-9H2,1-5H3/b11-10-. The minimum absolute atomic E-state index is 0.198. The highest BCUT2D eigenvalue weighted by Crippen LogP contribution is 2.16.